The Morgan fingerprint density at radius 1 is 1.11 bits per heavy atom. The van der Waals surface area contributed by atoms with E-state index in [9.17, 15) is 0 Å². The molecule has 4 heterocycles. The Balaban J connectivity index is 0.00000225. The van der Waals surface area contributed by atoms with Crippen LogP contribution in [0.5, 0.6) is 0 Å². The topological polar surface area (TPSA) is 70.1 Å². The van der Waals surface area contributed by atoms with E-state index in [4.69, 9.17) is 0 Å². The number of hydrogen-bond acceptors (Lipinski definition) is 8. The second-order valence-electron chi connectivity index (χ2n) is 6.47. The number of nitrogens with zero attached hydrogens (tertiary/aromatic N) is 6. The summed E-state index contributed by atoms with van der Waals surface area (Å²) in [4.78, 5) is 23.6. The molecule has 0 bridgehead atoms. The second kappa shape index (κ2) is 9.27. The highest BCUT2D eigenvalue weighted by atomic mass is 35.5. The van der Waals surface area contributed by atoms with Crippen molar-refractivity contribution in [3.05, 3.63) is 42.6 Å². The molecule has 0 aliphatic carbocycles. The zero-order valence-electron chi connectivity index (χ0n) is 16.0. The van der Waals surface area contributed by atoms with Crippen LogP contribution in [0, 0.1) is 6.92 Å². The van der Waals surface area contributed by atoms with Crippen molar-refractivity contribution in [2.24, 2.45) is 0 Å². The van der Waals surface area contributed by atoms with E-state index in [1.54, 1.807) is 23.7 Å². The van der Waals surface area contributed by atoms with Crippen LogP contribution in [-0.4, -0.2) is 57.6 Å². The summed E-state index contributed by atoms with van der Waals surface area (Å²) in [6.45, 7) is 9.38. The summed E-state index contributed by atoms with van der Waals surface area (Å²) in [5.74, 6) is 2.52. The van der Waals surface area contributed by atoms with Crippen LogP contribution in [0.3, 0.4) is 0 Å². The van der Waals surface area contributed by atoms with Crippen molar-refractivity contribution >= 4 is 40.5 Å². The number of nitrogens with one attached hydrogen (secondary N) is 1. The summed E-state index contributed by atoms with van der Waals surface area (Å²) in [6, 6.07) is 5.99. The lowest BCUT2D eigenvalue weighted by Crippen LogP contribution is -2.46. The van der Waals surface area contributed by atoms with E-state index in [1.165, 1.54) is 0 Å². The fourth-order valence-corrected chi connectivity index (χ4v) is 3.99. The highest BCUT2D eigenvalue weighted by Crippen LogP contribution is 2.30. The maximum atomic E-state index is 4.64. The van der Waals surface area contributed by atoms with Gasteiger partial charge in [-0.25, -0.2) is 15.0 Å². The van der Waals surface area contributed by atoms with Crippen LogP contribution < -0.4 is 10.2 Å². The number of hydrogen-bond donors (Lipinski definition) is 1. The summed E-state index contributed by atoms with van der Waals surface area (Å²) < 4.78 is 0. The average molecular weight is 418 g/mol. The Morgan fingerprint density at radius 3 is 2.57 bits per heavy atom. The number of anilines is 3. The number of aryl methyl sites for hydroxylation is 1. The lowest BCUT2D eigenvalue weighted by Gasteiger charge is -2.34. The zero-order chi connectivity index (χ0) is 18.6. The van der Waals surface area contributed by atoms with Crippen LogP contribution in [0.1, 0.15) is 12.7 Å². The van der Waals surface area contributed by atoms with Gasteiger partial charge in [0.1, 0.15) is 17.5 Å². The molecule has 28 heavy (non-hydrogen) atoms. The monoisotopic (exact) mass is 417 g/mol. The first-order valence-electron chi connectivity index (χ1n) is 9.17. The zero-order valence-corrected chi connectivity index (χ0v) is 17.6. The Hall–Kier alpha value is -2.29. The Bertz CT molecular complexity index is 894. The van der Waals surface area contributed by atoms with E-state index in [0.717, 1.165) is 65.8 Å². The highest BCUT2D eigenvalue weighted by molar-refractivity contribution is 7.18. The molecule has 3 aromatic rings. The summed E-state index contributed by atoms with van der Waals surface area (Å²) in [5, 5.41) is 4.16. The molecule has 4 rings (SSSR count). The maximum absolute atomic E-state index is 4.64. The number of rotatable bonds is 5. The first-order valence-corrected chi connectivity index (χ1v) is 9.99. The quantitative estimate of drug-likeness (QED) is 0.679. The van der Waals surface area contributed by atoms with Crippen molar-refractivity contribution in [1.29, 1.82) is 0 Å². The Labute approximate surface area is 175 Å². The molecule has 1 aliphatic heterocycles. The van der Waals surface area contributed by atoms with Crippen LogP contribution in [0.2, 0.25) is 0 Å². The molecule has 1 aliphatic rings. The number of piperazine rings is 1. The molecule has 7 nitrogen and oxygen atoms in total. The van der Waals surface area contributed by atoms with Gasteiger partial charge in [-0.05, 0) is 31.2 Å². The van der Waals surface area contributed by atoms with Gasteiger partial charge in [-0.2, -0.15) is 0 Å². The van der Waals surface area contributed by atoms with E-state index in [1.807, 2.05) is 31.3 Å². The van der Waals surface area contributed by atoms with Gasteiger partial charge in [0.25, 0.3) is 0 Å². The minimum atomic E-state index is 0. The van der Waals surface area contributed by atoms with Gasteiger partial charge in [-0.3, -0.25) is 4.98 Å². The number of thiazole rings is 1. The molecule has 0 radical (unpaired) electrons. The minimum absolute atomic E-state index is 0. The summed E-state index contributed by atoms with van der Waals surface area (Å²) in [7, 11) is 0. The number of halogens is 1. The molecule has 9 heteroatoms. The van der Waals surface area contributed by atoms with Crippen molar-refractivity contribution in [3.8, 4) is 10.4 Å². The standard InChI is InChI=1S/C19H23N7S.ClH/c1-3-25-8-10-26(11-9-25)18-12-17(22-14(2)23-18)24-19-21-13-16(27-19)15-4-6-20-7-5-15;/h4-7,12-13H,3,8-11H2,1-2H3,(H,21,22,23,24);1H. The van der Waals surface area contributed by atoms with Crippen molar-refractivity contribution in [2.45, 2.75) is 13.8 Å². The first kappa shape index (κ1) is 20.4. The molecule has 0 aromatic carbocycles. The number of pyridine rings is 1. The molecule has 0 atom stereocenters. The molecular formula is C19H24ClN7S. The molecule has 1 N–H and O–H groups in total. The predicted octanol–water partition coefficient (Wildman–Crippen LogP) is 3.61. The van der Waals surface area contributed by atoms with E-state index in [-0.39, 0.29) is 12.4 Å². The van der Waals surface area contributed by atoms with Crippen LogP contribution in [0.15, 0.2) is 36.8 Å². The maximum Gasteiger partial charge on any atom is 0.188 e. The van der Waals surface area contributed by atoms with Crippen LogP contribution in [-0.2, 0) is 0 Å². The SMILES string of the molecule is CCN1CCN(c2cc(Nc3ncc(-c4ccncc4)s3)nc(C)n2)CC1.Cl. The van der Waals surface area contributed by atoms with Gasteiger partial charge in [0.05, 0.1) is 4.88 Å². The van der Waals surface area contributed by atoms with Crippen molar-refractivity contribution in [1.82, 2.24) is 24.8 Å². The molecular weight excluding hydrogens is 394 g/mol. The van der Waals surface area contributed by atoms with Gasteiger partial charge in [-0.1, -0.05) is 18.3 Å². The van der Waals surface area contributed by atoms with Gasteiger partial charge < -0.3 is 15.1 Å². The van der Waals surface area contributed by atoms with Crippen molar-refractivity contribution in [2.75, 3.05) is 42.9 Å². The molecule has 0 spiro atoms. The summed E-state index contributed by atoms with van der Waals surface area (Å²) in [5.41, 5.74) is 1.11. The average Bonchev–Trinajstić information content (AvgIpc) is 3.17. The summed E-state index contributed by atoms with van der Waals surface area (Å²) >= 11 is 1.60. The third-order valence-corrected chi connectivity index (χ3v) is 5.64. The minimum Gasteiger partial charge on any atom is -0.354 e. The second-order valence-corrected chi connectivity index (χ2v) is 7.50. The number of aromatic nitrogens is 4. The third kappa shape index (κ3) is 4.76. The smallest absolute Gasteiger partial charge is 0.188 e. The van der Waals surface area contributed by atoms with Crippen LogP contribution >= 0.6 is 23.7 Å². The lowest BCUT2D eigenvalue weighted by atomic mass is 10.2. The molecule has 0 saturated carbocycles. The Kier molecular flexibility index (Phi) is 6.77. The third-order valence-electron chi connectivity index (χ3n) is 4.67. The normalized spacial score (nSPS) is 14.6. The fraction of sp³-hybridized carbons (Fsp3) is 0.368. The fourth-order valence-electron chi connectivity index (χ4n) is 3.16. The molecule has 3 aromatic heterocycles. The molecule has 0 unspecified atom stereocenters. The Morgan fingerprint density at radius 2 is 1.86 bits per heavy atom. The van der Waals surface area contributed by atoms with Crippen LogP contribution in [0.25, 0.3) is 10.4 Å². The van der Waals surface area contributed by atoms with Crippen molar-refractivity contribution in [3.63, 3.8) is 0 Å². The summed E-state index contributed by atoms with van der Waals surface area (Å²) in [6.07, 6.45) is 5.46. The van der Waals surface area contributed by atoms with E-state index < -0.39 is 0 Å². The van der Waals surface area contributed by atoms with Gasteiger partial charge in [0, 0.05) is 50.8 Å². The van der Waals surface area contributed by atoms with Gasteiger partial charge in [0.15, 0.2) is 5.13 Å². The van der Waals surface area contributed by atoms with Crippen LogP contribution in [0.4, 0.5) is 16.8 Å². The van der Waals surface area contributed by atoms with Crippen molar-refractivity contribution < 1.29 is 0 Å². The molecule has 1 fully saturated rings. The van der Waals surface area contributed by atoms with E-state index >= 15 is 0 Å². The first-order chi connectivity index (χ1) is 13.2. The molecule has 1 saturated heterocycles. The number of likely N-dealkylation sites (N-methyl/N-ethyl adjacent to an activating group) is 1. The van der Waals surface area contributed by atoms with Gasteiger partial charge in [-0.15, -0.1) is 12.4 Å². The largest absolute Gasteiger partial charge is 0.354 e. The highest BCUT2D eigenvalue weighted by Gasteiger charge is 2.18. The van der Waals surface area contributed by atoms with E-state index in [0.29, 0.717) is 0 Å². The lowest BCUT2D eigenvalue weighted by molar-refractivity contribution is 0.270. The predicted molar refractivity (Wildman–Crippen MR) is 117 cm³/mol. The van der Waals surface area contributed by atoms with E-state index in [2.05, 4.69) is 42.0 Å². The van der Waals surface area contributed by atoms with Gasteiger partial charge in [0.2, 0.25) is 0 Å². The van der Waals surface area contributed by atoms with Gasteiger partial charge >= 0.3 is 0 Å². The molecule has 148 valence electrons. The molecule has 0 amide bonds.